The Morgan fingerprint density at radius 3 is 2.37 bits per heavy atom. The van der Waals surface area contributed by atoms with Gasteiger partial charge in [-0.15, -0.1) is 0 Å². The summed E-state index contributed by atoms with van der Waals surface area (Å²) >= 11 is 0. The van der Waals surface area contributed by atoms with Gasteiger partial charge in [-0.1, -0.05) is 49.4 Å². The van der Waals surface area contributed by atoms with Crippen molar-refractivity contribution in [3.05, 3.63) is 101 Å². The molecule has 41 heavy (non-hydrogen) atoms. The van der Waals surface area contributed by atoms with E-state index in [1.165, 1.54) is 6.07 Å². The molecule has 8 heteroatoms. The zero-order valence-electron chi connectivity index (χ0n) is 23.8. The van der Waals surface area contributed by atoms with Crippen LogP contribution in [0.25, 0.3) is 0 Å². The number of rotatable bonds is 13. The molecule has 3 aromatic carbocycles. The van der Waals surface area contributed by atoms with Crippen LogP contribution in [-0.2, 0) is 36.4 Å². The lowest BCUT2D eigenvalue weighted by atomic mass is 9.75. The third-order valence-electron chi connectivity index (χ3n) is 7.67. The molecule has 2 atom stereocenters. The van der Waals surface area contributed by atoms with Crippen LogP contribution in [0, 0.1) is 0 Å². The number of amides is 1. The van der Waals surface area contributed by atoms with E-state index in [-0.39, 0.29) is 37.6 Å². The number of hydrogen-bond donors (Lipinski definition) is 4. The van der Waals surface area contributed by atoms with Crippen LogP contribution in [0.15, 0.2) is 77.8 Å². The first-order valence-corrected chi connectivity index (χ1v) is 13.7. The molecule has 0 radical (unpaired) electrons. The maximum absolute atomic E-state index is 12.9. The number of benzene rings is 3. The van der Waals surface area contributed by atoms with Crippen LogP contribution in [0.5, 0.6) is 17.2 Å². The highest BCUT2D eigenvalue weighted by Crippen LogP contribution is 2.40. The van der Waals surface area contributed by atoms with Crippen LogP contribution in [0.2, 0.25) is 0 Å². The fourth-order valence-electron chi connectivity index (χ4n) is 5.39. The number of hydrogen-bond acceptors (Lipinski definition) is 7. The Kier molecular flexibility index (Phi) is 9.47. The van der Waals surface area contributed by atoms with Gasteiger partial charge in [0.2, 0.25) is 5.91 Å². The predicted molar refractivity (Wildman–Crippen MR) is 158 cm³/mol. The molecule has 1 heterocycles. The highest BCUT2D eigenvalue weighted by molar-refractivity contribution is 5.78. The fourth-order valence-corrected chi connectivity index (χ4v) is 5.39. The average molecular weight is 559 g/mol. The van der Waals surface area contributed by atoms with Crippen LogP contribution >= 0.6 is 0 Å². The van der Waals surface area contributed by atoms with Crippen molar-refractivity contribution in [3.63, 3.8) is 0 Å². The molecule has 0 aliphatic carbocycles. The van der Waals surface area contributed by atoms with E-state index in [1.54, 1.807) is 32.6 Å². The van der Waals surface area contributed by atoms with Gasteiger partial charge < -0.3 is 30.1 Å². The first-order valence-electron chi connectivity index (χ1n) is 13.7. The number of aliphatic imine (C=N–C) groups is 1. The van der Waals surface area contributed by atoms with E-state index in [0.717, 1.165) is 16.7 Å². The molecule has 1 aliphatic heterocycles. The number of nitrogens with zero attached hydrogens (tertiary/aromatic N) is 1. The van der Waals surface area contributed by atoms with Crippen molar-refractivity contribution in [2.45, 2.75) is 56.9 Å². The van der Waals surface area contributed by atoms with Gasteiger partial charge in [-0.05, 0) is 53.5 Å². The summed E-state index contributed by atoms with van der Waals surface area (Å²) in [4.78, 5) is 17.6. The summed E-state index contributed by atoms with van der Waals surface area (Å²) in [5.41, 5.74) is 1.41. The number of aliphatic hydroxyl groups excluding tert-OH is 1. The summed E-state index contributed by atoms with van der Waals surface area (Å²) in [7, 11) is 3.15. The Hall–Kier alpha value is -4.14. The zero-order valence-corrected chi connectivity index (χ0v) is 23.8. The molecule has 0 bridgehead atoms. The minimum Gasteiger partial charge on any atom is -0.508 e. The second-order valence-corrected chi connectivity index (χ2v) is 10.4. The van der Waals surface area contributed by atoms with Gasteiger partial charge in [0.1, 0.15) is 17.2 Å². The van der Waals surface area contributed by atoms with Gasteiger partial charge in [0, 0.05) is 24.6 Å². The molecule has 1 amide bonds. The Morgan fingerprint density at radius 2 is 1.73 bits per heavy atom. The zero-order chi connectivity index (χ0) is 29.5. The second kappa shape index (κ2) is 13.0. The molecule has 4 rings (SSSR count). The summed E-state index contributed by atoms with van der Waals surface area (Å²) in [6, 6.07) is 17.9. The molecule has 3 aromatic rings. The maximum Gasteiger partial charge on any atom is 0.224 e. The van der Waals surface area contributed by atoms with Crippen LogP contribution in [-0.4, -0.2) is 47.2 Å². The minimum absolute atomic E-state index is 0.0265. The summed E-state index contributed by atoms with van der Waals surface area (Å²) in [5, 5.41) is 35.0. The molecule has 216 valence electrons. The number of nitrogens with one attached hydrogen (secondary N) is 1. The van der Waals surface area contributed by atoms with E-state index >= 15 is 0 Å². The number of allylic oxidation sites excluding steroid dienone is 1. The number of aliphatic hydroxyl groups is 2. The molecule has 1 aliphatic rings. The SMILES string of the molecule is CCC1(CC(O)(Cc2cccc(CC(=O)NCc3c(OC)cccc3OC)c2)c2ccc(O)c(CO)c2)C=CC=N1. The summed E-state index contributed by atoms with van der Waals surface area (Å²) in [6.45, 7) is 1.94. The van der Waals surface area contributed by atoms with Crippen molar-refractivity contribution in [2.75, 3.05) is 14.2 Å². The second-order valence-electron chi connectivity index (χ2n) is 10.4. The van der Waals surface area contributed by atoms with Crippen molar-refractivity contribution in [1.82, 2.24) is 5.32 Å². The summed E-state index contributed by atoms with van der Waals surface area (Å²) < 4.78 is 10.9. The number of ether oxygens (including phenoxy) is 2. The van der Waals surface area contributed by atoms with Crippen molar-refractivity contribution >= 4 is 12.1 Å². The highest BCUT2D eigenvalue weighted by Gasteiger charge is 2.40. The van der Waals surface area contributed by atoms with E-state index in [4.69, 9.17) is 9.47 Å². The third kappa shape index (κ3) is 6.96. The molecule has 0 fully saturated rings. The van der Waals surface area contributed by atoms with Crippen molar-refractivity contribution in [3.8, 4) is 17.2 Å². The molecular formula is C33H38N2O6. The Labute approximate surface area is 241 Å². The summed E-state index contributed by atoms with van der Waals surface area (Å²) in [5.74, 6) is 1.08. The quantitative estimate of drug-likeness (QED) is 0.247. The van der Waals surface area contributed by atoms with E-state index < -0.39 is 11.1 Å². The van der Waals surface area contributed by atoms with Gasteiger partial charge >= 0.3 is 0 Å². The van der Waals surface area contributed by atoms with Gasteiger partial charge in [0.25, 0.3) is 0 Å². The number of phenols is 1. The van der Waals surface area contributed by atoms with Gasteiger partial charge in [-0.3, -0.25) is 9.79 Å². The van der Waals surface area contributed by atoms with Gasteiger partial charge in [0.05, 0.1) is 50.5 Å². The molecular weight excluding hydrogens is 520 g/mol. The number of aromatic hydroxyl groups is 1. The van der Waals surface area contributed by atoms with Crippen molar-refractivity contribution in [2.24, 2.45) is 4.99 Å². The summed E-state index contributed by atoms with van der Waals surface area (Å²) in [6.07, 6.45) is 7.06. The van der Waals surface area contributed by atoms with E-state index in [1.807, 2.05) is 61.5 Å². The van der Waals surface area contributed by atoms with Crippen molar-refractivity contribution < 1.29 is 29.6 Å². The lowest BCUT2D eigenvalue weighted by Crippen LogP contribution is -2.38. The van der Waals surface area contributed by atoms with Crippen molar-refractivity contribution in [1.29, 1.82) is 0 Å². The molecule has 8 nitrogen and oxygen atoms in total. The molecule has 0 aromatic heterocycles. The maximum atomic E-state index is 12.9. The Bertz CT molecular complexity index is 1400. The standard InChI is InChI=1S/C33H38N2O6/c1-4-32(14-7-15-35-32)22-33(39,26-12-13-28(37)25(18-26)21-36)19-24-9-5-8-23(16-24)17-31(38)34-20-27-29(40-2)10-6-11-30(27)41-3/h5-16,18,36-37,39H,4,17,19-22H2,1-3H3,(H,34,38). The van der Waals surface area contributed by atoms with E-state index in [2.05, 4.69) is 10.3 Å². The largest absolute Gasteiger partial charge is 0.508 e. The fraction of sp³-hybridized carbons (Fsp3) is 0.333. The topological polar surface area (TPSA) is 121 Å². The monoisotopic (exact) mass is 558 g/mol. The van der Waals surface area contributed by atoms with Gasteiger partial charge in [-0.25, -0.2) is 0 Å². The first kappa shape index (κ1) is 29.8. The Balaban J connectivity index is 1.55. The average Bonchev–Trinajstić information content (AvgIpc) is 3.44. The van der Waals surface area contributed by atoms with Crippen LogP contribution < -0.4 is 14.8 Å². The van der Waals surface area contributed by atoms with E-state index in [9.17, 15) is 20.1 Å². The molecule has 0 saturated carbocycles. The van der Waals surface area contributed by atoms with E-state index in [0.29, 0.717) is 35.5 Å². The van der Waals surface area contributed by atoms with Crippen LogP contribution in [0.3, 0.4) is 0 Å². The first-order chi connectivity index (χ1) is 19.7. The van der Waals surface area contributed by atoms with Crippen LogP contribution in [0.4, 0.5) is 0 Å². The molecule has 0 spiro atoms. The minimum atomic E-state index is -1.36. The molecule has 0 saturated heterocycles. The van der Waals surface area contributed by atoms with Gasteiger partial charge in [-0.2, -0.15) is 0 Å². The van der Waals surface area contributed by atoms with Gasteiger partial charge in [0.15, 0.2) is 0 Å². The Morgan fingerprint density at radius 1 is 1.02 bits per heavy atom. The predicted octanol–water partition coefficient (Wildman–Crippen LogP) is 4.37. The number of carbonyl (C=O) groups excluding carboxylic acids is 1. The third-order valence-corrected chi connectivity index (χ3v) is 7.67. The molecule has 2 unspecified atom stereocenters. The highest BCUT2D eigenvalue weighted by atomic mass is 16.5. The van der Waals surface area contributed by atoms with Crippen LogP contribution in [0.1, 0.15) is 47.6 Å². The lowest BCUT2D eigenvalue weighted by molar-refractivity contribution is -0.120. The lowest BCUT2D eigenvalue weighted by Gasteiger charge is -2.36. The number of carbonyl (C=O) groups is 1. The smallest absolute Gasteiger partial charge is 0.224 e. The molecule has 4 N–H and O–H groups in total. The number of methoxy groups -OCH3 is 2. The normalized spacial score (nSPS) is 17.3.